The average molecular weight is 631 g/mol. The van der Waals surface area contributed by atoms with Gasteiger partial charge in [0.2, 0.25) is 9.84 Å². The number of methoxy groups -OCH3 is 2. The number of thioether (sulfide) groups is 2. The van der Waals surface area contributed by atoms with Gasteiger partial charge in [-0.2, -0.15) is 0 Å². The minimum atomic E-state index is -4.37. The Balaban J connectivity index is 1.95. The van der Waals surface area contributed by atoms with Crippen LogP contribution >= 0.6 is 23.5 Å². The molecule has 1 aliphatic heterocycles. The van der Waals surface area contributed by atoms with Gasteiger partial charge in [-0.1, -0.05) is 66.0 Å². The molecule has 0 spiro atoms. The molecule has 13 heteroatoms. The Morgan fingerprint density at radius 1 is 0.738 bits per heavy atom. The molecule has 0 saturated heterocycles. The predicted octanol–water partition coefficient (Wildman–Crippen LogP) is 5.07. The molecule has 0 atom stereocenters. The van der Waals surface area contributed by atoms with Gasteiger partial charge in [0.25, 0.3) is 0 Å². The van der Waals surface area contributed by atoms with E-state index in [2.05, 4.69) is 0 Å². The van der Waals surface area contributed by atoms with Crippen LogP contribution in [-0.4, -0.2) is 52.9 Å². The summed E-state index contributed by atoms with van der Waals surface area (Å²) in [7, 11) is -1.85. The van der Waals surface area contributed by atoms with Crippen molar-refractivity contribution in [2.24, 2.45) is 0 Å². The first kappa shape index (κ1) is 31.3. The van der Waals surface area contributed by atoms with E-state index in [1.807, 2.05) is 0 Å². The number of rotatable bonds is 11. The summed E-state index contributed by atoms with van der Waals surface area (Å²) in [5.41, 5.74) is 0. The third-order valence-corrected chi connectivity index (χ3v) is 10.6. The van der Waals surface area contributed by atoms with Gasteiger partial charge in [0.05, 0.1) is 45.5 Å². The second kappa shape index (κ2) is 13.6. The molecule has 0 aliphatic carbocycles. The van der Waals surface area contributed by atoms with Crippen LogP contribution in [0.4, 0.5) is 0 Å². The molecular weight excluding hydrogens is 605 g/mol. The molecule has 0 N–H and O–H groups in total. The molecule has 10 nitrogen and oxygen atoms in total. The summed E-state index contributed by atoms with van der Waals surface area (Å²) in [5, 5.41) is 0.818. The van der Waals surface area contributed by atoms with Crippen molar-refractivity contribution < 1.29 is 46.5 Å². The van der Waals surface area contributed by atoms with E-state index in [4.69, 9.17) is 18.9 Å². The monoisotopic (exact) mass is 630 g/mol. The van der Waals surface area contributed by atoms with E-state index in [0.717, 1.165) is 30.6 Å². The molecule has 3 aromatic rings. The van der Waals surface area contributed by atoms with Crippen LogP contribution < -0.4 is 9.47 Å². The third kappa shape index (κ3) is 6.70. The first-order chi connectivity index (χ1) is 20.1. The summed E-state index contributed by atoms with van der Waals surface area (Å²) >= 11 is 1.76. The van der Waals surface area contributed by atoms with Crippen molar-refractivity contribution in [2.45, 2.75) is 40.9 Å². The fraction of sp³-hybridized carbons (Fsp3) is 0.241. The molecule has 1 heterocycles. The molecule has 0 aromatic heterocycles. The second-order valence-electron chi connectivity index (χ2n) is 8.88. The highest BCUT2D eigenvalue weighted by Crippen LogP contribution is 2.62. The van der Waals surface area contributed by atoms with E-state index >= 15 is 0 Å². The number of ketones is 1. The van der Waals surface area contributed by atoms with Crippen LogP contribution in [0, 0.1) is 0 Å². The number of carbonyl (C=O) groups excluding carboxylic acids is 4. The highest BCUT2D eigenvalue weighted by atomic mass is 32.2. The molecule has 0 amide bonds. The largest absolute Gasteiger partial charge is 0.465 e. The van der Waals surface area contributed by atoms with Crippen LogP contribution in [0.25, 0.3) is 10.8 Å². The summed E-state index contributed by atoms with van der Waals surface area (Å²) < 4.78 is 48.8. The van der Waals surface area contributed by atoms with E-state index in [1.54, 1.807) is 30.3 Å². The zero-order chi connectivity index (χ0) is 30.4. The van der Waals surface area contributed by atoms with Crippen molar-refractivity contribution in [1.82, 2.24) is 0 Å². The van der Waals surface area contributed by atoms with Gasteiger partial charge in [0, 0.05) is 24.3 Å². The van der Waals surface area contributed by atoms with Gasteiger partial charge < -0.3 is 23.7 Å². The quantitative estimate of drug-likeness (QED) is 0.159. The summed E-state index contributed by atoms with van der Waals surface area (Å²) in [6, 6.07) is 14.1. The molecule has 4 rings (SSSR count). The number of Topliss-reactive ketones (excluding diaryl/α,β-unsaturated/α-hetero) is 1. The zero-order valence-corrected chi connectivity index (χ0v) is 25.3. The predicted molar refractivity (Wildman–Crippen MR) is 156 cm³/mol. The number of ether oxygens (including phenoxy) is 4. The van der Waals surface area contributed by atoms with Gasteiger partial charge in [-0.05, 0) is 19.1 Å². The van der Waals surface area contributed by atoms with E-state index in [9.17, 15) is 27.6 Å². The van der Waals surface area contributed by atoms with Crippen LogP contribution in [0.3, 0.4) is 0 Å². The van der Waals surface area contributed by atoms with Crippen LogP contribution in [-0.2, 0) is 38.5 Å². The van der Waals surface area contributed by atoms with Crippen LogP contribution in [0.5, 0.6) is 11.5 Å². The summed E-state index contributed by atoms with van der Waals surface area (Å²) in [6.45, 7) is 1.47. The van der Waals surface area contributed by atoms with Crippen molar-refractivity contribution in [3.05, 3.63) is 63.7 Å². The second-order valence-corrected chi connectivity index (χ2v) is 13.1. The molecular formula is C29H26O10S3. The highest BCUT2D eigenvalue weighted by molar-refractivity contribution is 8.25. The highest BCUT2D eigenvalue weighted by Gasteiger charge is 2.39. The number of benzene rings is 3. The molecule has 3 aromatic carbocycles. The maximum Gasteiger partial charge on any atom is 0.351 e. The Hall–Kier alpha value is -3.65. The van der Waals surface area contributed by atoms with Gasteiger partial charge in [0.1, 0.15) is 5.78 Å². The molecule has 0 unspecified atom stereocenters. The van der Waals surface area contributed by atoms with Crippen molar-refractivity contribution in [3.8, 4) is 11.5 Å². The molecule has 0 radical (unpaired) electrons. The maximum absolute atomic E-state index is 13.7. The van der Waals surface area contributed by atoms with Gasteiger partial charge in [-0.15, -0.1) is 0 Å². The minimum absolute atomic E-state index is 0.0197. The summed E-state index contributed by atoms with van der Waals surface area (Å²) in [4.78, 5) is 49.8. The Morgan fingerprint density at radius 3 is 1.76 bits per heavy atom. The Morgan fingerprint density at radius 2 is 1.26 bits per heavy atom. The van der Waals surface area contributed by atoms with Crippen molar-refractivity contribution in [1.29, 1.82) is 0 Å². The van der Waals surface area contributed by atoms with Gasteiger partial charge in [-0.3, -0.25) is 9.59 Å². The van der Waals surface area contributed by atoms with Crippen molar-refractivity contribution in [2.75, 3.05) is 20.8 Å². The summed E-state index contributed by atoms with van der Waals surface area (Å²) in [5.74, 6) is -2.38. The lowest BCUT2D eigenvalue weighted by atomic mass is 10.1. The lowest BCUT2D eigenvalue weighted by Crippen LogP contribution is -2.16. The molecule has 220 valence electrons. The lowest BCUT2D eigenvalue weighted by Gasteiger charge is -2.16. The average Bonchev–Trinajstić information content (AvgIpc) is 3.41. The number of carbonyl (C=O) groups is 4. The zero-order valence-electron chi connectivity index (χ0n) is 22.8. The van der Waals surface area contributed by atoms with Crippen molar-refractivity contribution in [3.63, 3.8) is 0 Å². The normalized spacial score (nSPS) is 13.8. The number of fused-ring (bicyclic) bond motifs is 2. The Labute approximate surface area is 250 Å². The Bertz CT molecular complexity index is 1700. The Kier molecular flexibility index (Phi) is 10.1. The van der Waals surface area contributed by atoms with E-state index in [1.165, 1.54) is 38.3 Å². The third-order valence-electron chi connectivity index (χ3n) is 5.93. The van der Waals surface area contributed by atoms with Gasteiger partial charge in [0.15, 0.2) is 16.4 Å². The number of sulfone groups is 1. The fourth-order valence-corrected chi connectivity index (χ4v) is 8.60. The van der Waals surface area contributed by atoms with E-state index in [0.29, 0.717) is 10.8 Å². The smallest absolute Gasteiger partial charge is 0.351 e. The minimum Gasteiger partial charge on any atom is -0.465 e. The maximum atomic E-state index is 13.7. The standard InChI is InChI=1S/C29H26O10S3/c1-17(30)13-14-21(31)38-23-19-11-7-8-12-20(19)24(39-22(32)15-16-36-2)26-25(23)40-29(41-26)27(28(33)37-3)42(34,35)18-9-5-4-6-10-18/h4-12H,13-16H2,1-3H3/b29-27-. The van der Waals surface area contributed by atoms with Crippen LogP contribution in [0.2, 0.25) is 0 Å². The van der Waals surface area contributed by atoms with Crippen LogP contribution in [0.1, 0.15) is 26.2 Å². The van der Waals surface area contributed by atoms with E-state index in [-0.39, 0.29) is 62.1 Å². The number of hydrogen-bond acceptors (Lipinski definition) is 12. The molecule has 1 aliphatic rings. The fourth-order valence-electron chi connectivity index (χ4n) is 3.92. The number of esters is 3. The molecule has 0 fully saturated rings. The van der Waals surface area contributed by atoms with Crippen molar-refractivity contribution >= 4 is 67.8 Å². The topological polar surface area (TPSA) is 139 Å². The summed E-state index contributed by atoms with van der Waals surface area (Å²) in [6.07, 6.45) is -0.261. The molecule has 42 heavy (non-hydrogen) atoms. The number of hydrogen-bond donors (Lipinski definition) is 0. The van der Waals surface area contributed by atoms with E-state index < -0.39 is 32.7 Å². The van der Waals surface area contributed by atoms with Crippen LogP contribution in [0.15, 0.2) is 78.4 Å². The first-order valence-corrected chi connectivity index (χ1v) is 15.7. The lowest BCUT2D eigenvalue weighted by molar-refractivity contribution is -0.136. The SMILES string of the molecule is COCCC(=O)Oc1c2c(c(OC(=O)CCC(C)=O)c3ccccc13)S/C(=C(\C(=O)OC)S(=O)(=O)c1ccccc1)S2. The first-order valence-electron chi connectivity index (χ1n) is 12.5. The van der Waals surface area contributed by atoms with Gasteiger partial charge >= 0.3 is 17.9 Å². The molecule has 0 saturated carbocycles. The molecule has 0 bridgehead atoms. The van der Waals surface area contributed by atoms with Gasteiger partial charge in [-0.25, -0.2) is 13.2 Å².